The number of carbonyl (C=O) groups excluding carboxylic acids is 1. The maximum absolute atomic E-state index is 12.3. The minimum atomic E-state index is -0.528. The first kappa shape index (κ1) is 15.3. The molecule has 3 aromatic rings. The van der Waals surface area contributed by atoms with Crippen LogP contribution in [-0.4, -0.2) is 30.2 Å². The third-order valence-electron chi connectivity index (χ3n) is 3.39. The summed E-state index contributed by atoms with van der Waals surface area (Å²) >= 11 is 0. The average molecular weight is 328 g/mol. The molecule has 3 rings (SSSR count). The van der Waals surface area contributed by atoms with Crippen LogP contribution in [0.25, 0.3) is 11.0 Å². The van der Waals surface area contributed by atoms with E-state index in [1.807, 2.05) is 0 Å². The molecule has 1 amide bonds. The summed E-state index contributed by atoms with van der Waals surface area (Å²) in [5, 5.41) is 17.4. The van der Waals surface area contributed by atoms with Gasteiger partial charge in [0.2, 0.25) is 5.91 Å². The maximum atomic E-state index is 12.3. The molecule has 24 heavy (non-hydrogen) atoms. The highest BCUT2D eigenvalue weighted by Crippen LogP contribution is 2.15. The molecule has 0 radical (unpaired) electrons. The molecule has 0 saturated heterocycles. The van der Waals surface area contributed by atoms with E-state index in [2.05, 4.69) is 15.4 Å². The largest absolute Gasteiger partial charge is 0.325 e. The zero-order valence-electron chi connectivity index (χ0n) is 12.5. The summed E-state index contributed by atoms with van der Waals surface area (Å²) in [6.45, 7) is -0.229. The molecule has 2 aromatic heterocycles. The number of carbonyl (C=O) groups is 1. The lowest BCUT2D eigenvalue weighted by molar-refractivity contribution is -0.384. The van der Waals surface area contributed by atoms with Gasteiger partial charge in [0.1, 0.15) is 18.3 Å². The summed E-state index contributed by atoms with van der Waals surface area (Å²) in [5.74, 6) is -0.448. The molecule has 0 saturated carbocycles. The van der Waals surface area contributed by atoms with Crippen molar-refractivity contribution in [2.45, 2.75) is 6.54 Å². The molecule has 0 aliphatic heterocycles. The topological polar surface area (TPSA) is 125 Å². The Morgan fingerprint density at radius 1 is 1.33 bits per heavy atom. The highest BCUT2D eigenvalue weighted by molar-refractivity contribution is 5.90. The zero-order valence-corrected chi connectivity index (χ0v) is 12.5. The van der Waals surface area contributed by atoms with E-state index in [1.165, 1.54) is 46.0 Å². The van der Waals surface area contributed by atoms with E-state index in [-0.39, 0.29) is 17.8 Å². The molecular weight excluding hydrogens is 316 g/mol. The molecule has 122 valence electrons. The van der Waals surface area contributed by atoms with Crippen LogP contribution < -0.4 is 10.9 Å². The van der Waals surface area contributed by atoms with Crippen molar-refractivity contribution in [3.8, 4) is 0 Å². The molecule has 1 N–H and O–H groups in total. The van der Waals surface area contributed by atoms with Gasteiger partial charge in [-0.05, 0) is 12.1 Å². The first-order valence-corrected chi connectivity index (χ1v) is 6.87. The number of nitrogens with zero attached hydrogens (tertiary/aromatic N) is 5. The number of amides is 1. The Hall–Kier alpha value is -3.56. The Bertz CT molecular complexity index is 989. The molecule has 1 aromatic carbocycles. The van der Waals surface area contributed by atoms with Gasteiger partial charge in [-0.2, -0.15) is 5.10 Å². The number of rotatable bonds is 4. The van der Waals surface area contributed by atoms with Crippen molar-refractivity contribution in [1.29, 1.82) is 0 Å². The van der Waals surface area contributed by atoms with Crippen molar-refractivity contribution >= 4 is 28.3 Å². The monoisotopic (exact) mass is 328 g/mol. The van der Waals surface area contributed by atoms with E-state index in [0.29, 0.717) is 16.7 Å². The van der Waals surface area contributed by atoms with Crippen LogP contribution in [0.4, 0.5) is 11.4 Å². The number of hydrogen-bond acceptors (Lipinski definition) is 6. The third kappa shape index (κ3) is 2.84. The maximum Gasteiger partial charge on any atom is 0.269 e. The quantitative estimate of drug-likeness (QED) is 0.554. The fraction of sp³-hybridized carbons (Fsp3) is 0.143. The van der Waals surface area contributed by atoms with Crippen LogP contribution in [-0.2, 0) is 18.4 Å². The molecule has 10 heteroatoms. The summed E-state index contributed by atoms with van der Waals surface area (Å²) < 4.78 is 2.64. The molecule has 0 aliphatic rings. The van der Waals surface area contributed by atoms with Gasteiger partial charge in [0.15, 0.2) is 5.65 Å². The summed E-state index contributed by atoms with van der Waals surface area (Å²) in [6, 6.07) is 5.40. The summed E-state index contributed by atoms with van der Waals surface area (Å²) in [4.78, 5) is 38.5. The first-order chi connectivity index (χ1) is 11.5. The lowest BCUT2D eigenvalue weighted by Gasteiger charge is -2.07. The molecule has 0 atom stereocenters. The Balaban J connectivity index is 1.76. The summed E-state index contributed by atoms with van der Waals surface area (Å²) in [7, 11) is 1.67. The van der Waals surface area contributed by atoms with Gasteiger partial charge in [-0.15, -0.1) is 0 Å². The van der Waals surface area contributed by atoms with Gasteiger partial charge in [-0.1, -0.05) is 0 Å². The second-order valence-corrected chi connectivity index (χ2v) is 5.04. The normalized spacial score (nSPS) is 10.7. The van der Waals surface area contributed by atoms with Gasteiger partial charge >= 0.3 is 0 Å². The van der Waals surface area contributed by atoms with Gasteiger partial charge in [0.25, 0.3) is 11.2 Å². The van der Waals surface area contributed by atoms with Crippen LogP contribution >= 0.6 is 0 Å². The van der Waals surface area contributed by atoms with Gasteiger partial charge in [0, 0.05) is 24.9 Å². The molecule has 0 bridgehead atoms. The summed E-state index contributed by atoms with van der Waals surface area (Å²) in [5.41, 5.74) is 0.392. The van der Waals surface area contributed by atoms with Crippen LogP contribution in [0.3, 0.4) is 0 Å². The molecule has 0 unspecified atom stereocenters. The van der Waals surface area contributed by atoms with E-state index in [0.717, 1.165) is 0 Å². The number of nitrogens with one attached hydrogen (secondary N) is 1. The smallest absolute Gasteiger partial charge is 0.269 e. The van der Waals surface area contributed by atoms with Crippen LogP contribution in [0.15, 0.2) is 41.6 Å². The number of hydrogen-bond donors (Lipinski definition) is 1. The van der Waals surface area contributed by atoms with E-state index in [9.17, 15) is 19.7 Å². The van der Waals surface area contributed by atoms with Crippen LogP contribution in [0.5, 0.6) is 0 Å². The van der Waals surface area contributed by atoms with Crippen molar-refractivity contribution in [1.82, 2.24) is 19.3 Å². The number of nitro benzene ring substituents is 1. The number of non-ortho nitro benzene ring substituents is 1. The number of anilines is 1. The van der Waals surface area contributed by atoms with E-state index in [4.69, 9.17) is 0 Å². The van der Waals surface area contributed by atoms with E-state index in [1.54, 1.807) is 7.05 Å². The Morgan fingerprint density at radius 3 is 2.71 bits per heavy atom. The number of fused-ring (bicyclic) bond motifs is 1. The lowest BCUT2D eigenvalue weighted by Crippen LogP contribution is -2.27. The number of aryl methyl sites for hydroxylation is 1. The van der Waals surface area contributed by atoms with Gasteiger partial charge < -0.3 is 5.32 Å². The van der Waals surface area contributed by atoms with Crippen molar-refractivity contribution in [2.24, 2.45) is 7.05 Å². The van der Waals surface area contributed by atoms with Crippen molar-refractivity contribution < 1.29 is 9.72 Å². The minimum Gasteiger partial charge on any atom is -0.325 e. The standard InChI is InChI=1S/C14H12N6O4/c1-18-13-11(6-16-18)14(22)19(8-15-13)7-12(21)17-9-2-4-10(5-3-9)20(23)24/h2-6,8H,7H2,1H3,(H,17,21). The molecular formula is C14H12N6O4. The molecule has 0 aliphatic carbocycles. The van der Waals surface area contributed by atoms with Crippen molar-refractivity contribution in [2.75, 3.05) is 5.32 Å². The lowest BCUT2D eigenvalue weighted by atomic mass is 10.3. The molecule has 2 heterocycles. The van der Waals surface area contributed by atoms with Gasteiger partial charge in [-0.25, -0.2) is 4.98 Å². The van der Waals surface area contributed by atoms with Crippen LogP contribution in [0, 0.1) is 10.1 Å². The first-order valence-electron chi connectivity index (χ1n) is 6.87. The van der Waals surface area contributed by atoms with E-state index >= 15 is 0 Å². The molecule has 0 fully saturated rings. The fourth-order valence-corrected chi connectivity index (χ4v) is 2.20. The predicted molar refractivity (Wildman–Crippen MR) is 84.5 cm³/mol. The highest BCUT2D eigenvalue weighted by atomic mass is 16.6. The van der Waals surface area contributed by atoms with Gasteiger partial charge in [0.05, 0.1) is 11.1 Å². The minimum absolute atomic E-state index is 0.0737. The second-order valence-electron chi connectivity index (χ2n) is 5.04. The van der Waals surface area contributed by atoms with E-state index < -0.39 is 10.8 Å². The highest BCUT2D eigenvalue weighted by Gasteiger charge is 2.11. The number of benzene rings is 1. The second kappa shape index (κ2) is 5.91. The SMILES string of the molecule is Cn1ncc2c(=O)n(CC(=O)Nc3ccc([N+](=O)[O-])cc3)cnc21. The Kier molecular flexibility index (Phi) is 3.78. The average Bonchev–Trinajstić information content (AvgIpc) is 2.92. The number of nitro groups is 1. The molecule has 0 spiro atoms. The Morgan fingerprint density at radius 2 is 2.04 bits per heavy atom. The predicted octanol–water partition coefficient (Wildman–Crippen LogP) is 0.677. The number of aromatic nitrogens is 4. The van der Waals surface area contributed by atoms with Crippen molar-refractivity contribution in [3.05, 3.63) is 57.3 Å². The summed E-state index contributed by atoms with van der Waals surface area (Å²) in [6.07, 6.45) is 2.68. The van der Waals surface area contributed by atoms with Crippen molar-refractivity contribution in [3.63, 3.8) is 0 Å². The Labute approximate surface area is 134 Å². The van der Waals surface area contributed by atoms with Crippen LogP contribution in [0.1, 0.15) is 0 Å². The molecule has 10 nitrogen and oxygen atoms in total. The van der Waals surface area contributed by atoms with Gasteiger partial charge in [-0.3, -0.25) is 29.0 Å². The third-order valence-corrected chi connectivity index (χ3v) is 3.39. The van der Waals surface area contributed by atoms with Crippen LogP contribution in [0.2, 0.25) is 0 Å². The fourth-order valence-electron chi connectivity index (χ4n) is 2.20. The zero-order chi connectivity index (χ0) is 17.3.